The van der Waals surface area contributed by atoms with E-state index in [0.29, 0.717) is 6.04 Å². The molecule has 0 saturated carbocycles. The van der Waals surface area contributed by atoms with Crippen molar-refractivity contribution in [1.82, 2.24) is 9.88 Å². The van der Waals surface area contributed by atoms with Crippen LogP contribution in [0.2, 0.25) is 0 Å². The molecule has 4 rings (SSSR count). The number of anilines is 2. The average molecular weight is 323 g/mol. The minimum absolute atomic E-state index is 0.375. The second kappa shape index (κ2) is 6.01. The number of hydrogen-bond donors (Lipinski definition) is 0. The quantitative estimate of drug-likeness (QED) is 0.639. The summed E-state index contributed by atoms with van der Waals surface area (Å²) in [6.45, 7) is 2.47. The molecule has 0 N–H and O–H groups in total. The van der Waals surface area contributed by atoms with E-state index in [1.54, 1.807) is 18.3 Å². The fourth-order valence-electron chi connectivity index (χ4n) is 3.11. The van der Waals surface area contributed by atoms with Crippen LogP contribution in [0.1, 0.15) is 12.0 Å². The Morgan fingerprint density at radius 2 is 2.09 bits per heavy atom. The van der Waals surface area contributed by atoms with E-state index < -0.39 is 0 Å². The summed E-state index contributed by atoms with van der Waals surface area (Å²) in [4.78, 5) is 6.05. The van der Waals surface area contributed by atoms with E-state index >= 15 is 0 Å². The molecule has 3 heterocycles. The van der Waals surface area contributed by atoms with Gasteiger partial charge in [0.15, 0.2) is 6.19 Å². The molecule has 0 aliphatic carbocycles. The number of nitriles is 1. The molecule has 0 amide bonds. The van der Waals surface area contributed by atoms with Gasteiger partial charge in [0.25, 0.3) is 0 Å². The standard InChI is InChI=1S/C17H17N5S/c18-13-20-9-7-15(12-20)22-17-6-2-1-5-16(17)21(23-22)11-14-4-3-8-19-10-14/h1-6,8,10,15H,7,9,11-12H2. The summed E-state index contributed by atoms with van der Waals surface area (Å²) in [7, 11) is 0. The van der Waals surface area contributed by atoms with Crippen LogP contribution < -0.4 is 8.61 Å². The van der Waals surface area contributed by atoms with E-state index in [-0.39, 0.29) is 0 Å². The van der Waals surface area contributed by atoms with Crippen LogP contribution in [-0.4, -0.2) is 29.0 Å². The van der Waals surface area contributed by atoms with Crippen molar-refractivity contribution >= 4 is 23.5 Å². The molecule has 6 heteroatoms. The second-order valence-electron chi connectivity index (χ2n) is 5.78. The van der Waals surface area contributed by atoms with Gasteiger partial charge >= 0.3 is 0 Å². The van der Waals surface area contributed by atoms with Gasteiger partial charge < -0.3 is 4.90 Å². The van der Waals surface area contributed by atoms with E-state index in [2.05, 4.69) is 50.1 Å². The first-order valence-electron chi connectivity index (χ1n) is 7.72. The summed E-state index contributed by atoms with van der Waals surface area (Å²) >= 11 is 1.75. The first kappa shape index (κ1) is 14.2. The summed E-state index contributed by atoms with van der Waals surface area (Å²) in [6.07, 6.45) is 7.01. The minimum Gasteiger partial charge on any atom is -0.308 e. The van der Waals surface area contributed by atoms with Gasteiger partial charge in [0.2, 0.25) is 0 Å². The smallest absolute Gasteiger partial charge is 0.179 e. The Bertz CT molecular complexity index is 729. The average Bonchev–Trinajstić information content (AvgIpc) is 3.21. The Kier molecular flexibility index (Phi) is 3.72. The van der Waals surface area contributed by atoms with Gasteiger partial charge in [-0.2, -0.15) is 5.26 Å². The van der Waals surface area contributed by atoms with E-state index in [9.17, 15) is 0 Å². The zero-order valence-corrected chi connectivity index (χ0v) is 13.5. The summed E-state index contributed by atoms with van der Waals surface area (Å²) in [5.41, 5.74) is 3.67. The zero-order chi connectivity index (χ0) is 15.6. The Labute approximate surface area is 140 Å². The summed E-state index contributed by atoms with van der Waals surface area (Å²) < 4.78 is 4.67. The molecule has 116 valence electrons. The summed E-state index contributed by atoms with van der Waals surface area (Å²) in [5.74, 6) is 0. The van der Waals surface area contributed by atoms with Crippen molar-refractivity contribution in [2.75, 3.05) is 21.7 Å². The number of nitrogens with zero attached hydrogens (tertiary/aromatic N) is 5. The van der Waals surface area contributed by atoms with Crippen molar-refractivity contribution in [2.24, 2.45) is 0 Å². The number of fused-ring (bicyclic) bond motifs is 1. The number of aromatic nitrogens is 1. The first-order chi connectivity index (χ1) is 11.3. The molecule has 0 spiro atoms. The summed E-state index contributed by atoms with van der Waals surface area (Å²) in [6, 6.07) is 12.9. The van der Waals surface area contributed by atoms with Gasteiger partial charge in [-0.1, -0.05) is 18.2 Å². The van der Waals surface area contributed by atoms with Crippen molar-refractivity contribution in [1.29, 1.82) is 5.26 Å². The third kappa shape index (κ3) is 2.68. The fourth-order valence-corrected chi connectivity index (χ4v) is 4.32. The molecule has 0 bridgehead atoms. The third-order valence-corrected chi connectivity index (χ3v) is 5.45. The Morgan fingerprint density at radius 1 is 1.22 bits per heavy atom. The lowest BCUT2D eigenvalue weighted by Crippen LogP contribution is -2.31. The van der Waals surface area contributed by atoms with Crippen molar-refractivity contribution < 1.29 is 0 Å². The van der Waals surface area contributed by atoms with Crippen molar-refractivity contribution in [2.45, 2.75) is 19.0 Å². The molecular formula is C17H17N5S. The molecule has 0 radical (unpaired) electrons. The van der Waals surface area contributed by atoms with Gasteiger partial charge in [0, 0.05) is 25.5 Å². The molecular weight excluding hydrogens is 306 g/mol. The van der Waals surface area contributed by atoms with Crippen molar-refractivity contribution in [3.63, 3.8) is 0 Å². The van der Waals surface area contributed by atoms with Crippen LogP contribution in [0, 0.1) is 11.5 Å². The second-order valence-corrected chi connectivity index (χ2v) is 6.78. The Hall–Kier alpha value is -2.39. The number of hydrogen-bond acceptors (Lipinski definition) is 6. The van der Waals surface area contributed by atoms with Gasteiger partial charge in [0.1, 0.15) is 0 Å². The highest BCUT2D eigenvalue weighted by atomic mass is 32.2. The van der Waals surface area contributed by atoms with Crippen LogP contribution in [0.25, 0.3) is 0 Å². The molecule has 1 aromatic heterocycles. The van der Waals surface area contributed by atoms with E-state index in [1.165, 1.54) is 16.9 Å². The number of likely N-dealkylation sites (tertiary alicyclic amines) is 1. The van der Waals surface area contributed by atoms with Crippen LogP contribution in [-0.2, 0) is 6.54 Å². The number of benzene rings is 1. The van der Waals surface area contributed by atoms with E-state index in [1.807, 2.05) is 17.2 Å². The van der Waals surface area contributed by atoms with Crippen LogP contribution >= 0.6 is 12.1 Å². The molecule has 1 fully saturated rings. The Morgan fingerprint density at radius 3 is 2.83 bits per heavy atom. The lowest BCUT2D eigenvalue weighted by atomic mass is 10.2. The highest BCUT2D eigenvalue weighted by Gasteiger charge is 2.35. The Balaban J connectivity index is 1.58. The third-order valence-electron chi connectivity index (χ3n) is 4.26. The number of rotatable bonds is 3. The normalized spacial score (nSPS) is 19.8. The molecule has 1 aromatic carbocycles. The van der Waals surface area contributed by atoms with Crippen LogP contribution in [0.3, 0.4) is 0 Å². The number of para-hydroxylation sites is 2. The topological polar surface area (TPSA) is 46.4 Å². The van der Waals surface area contributed by atoms with Gasteiger partial charge in [-0.05, 0) is 30.2 Å². The lowest BCUT2D eigenvalue weighted by molar-refractivity contribution is 0.480. The molecule has 1 unspecified atom stereocenters. The zero-order valence-electron chi connectivity index (χ0n) is 12.7. The summed E-state index contributed by atoms with van der Waals surface area (Å²) in [5, 5.41) is 9.10. The number of pyridine rings is 1. The molecule has 1 saturated heterocycles. The molecule has 1 atom stereocenters. The monoisotopic (exact) mass is 323 g/mol. The lowest BCUT2D eigenvalue weighted by Gasteiger charge is -2.24. The first-order valence-corrected chi connectivity index (χ1v) is 8.45. The van der Waals surface area contributed by atoms with Crippen LogP contribution in [0.15, 0.2) is 48.8 Å². The van der Waals surface area contributed by atoms with E-state index in [4.69, 9.17) is 5.26 Å². The van der Waals surface area contributed by atoms with Crippen molar-refractivity contribution in [3.05, 3.63) is 54.4 Å². The maximum absolute atomic E-state index is 9.10. The van der Waals surface area contributed by atoms with Crippen LogP contribution in [0.5, 0.6) is 0 Å². The SMILES string of the molecule is N#CN1CCC(N2SN(Cc3cccnc3)c3ccccc32)C1. The fraction of sp³-hybridized carbons (Fsp3) is 0.294. The molecule has 2 aliphatic heterocycles. The van der Waals surface area contributed by atoms with Crippen LogP contribution in [0.4, 0.5) is 11.4 Å². The van der Waals surface area contributed by atoms with Crippen molar-refractivity contribution in [3.8, 4) is 6.19 Å². The highest BCUT2D eigenvalue weighted by Crippen LogP contribution is 2.47. The molecule has 5 nitrogen and oxygen atoms in total. The van der Waals surface area contributed by atoms with Gasteiger partial charge in [0.05, 0.1) is 36.1 Å². The molecule has 23 heavy (non-hydrogen) atoms. The van der Waals surface area contributed by atoms with Gasteiger partial charge in [-0.15, -0.1) is 0 Å². The predicted octanol–water partition coefficient (Wildman–Crippen LogP) is 3.03. The van der Waals surface area contributed by atoms with Gasteiger partial charge in [-0.25, -0.2) is 0 Å². The van der Waals surface area contributed by atoms with E-state index in [0.717, 1.165) is 26.1 Å². The maximum atomic E-state index is 9.10. The minimum atomic E-state index is 0.375. The largest absolute Gasteiger partial charge is 0.308 e. The predicted molar refractivity (Wildman–Crippen MR) is 92.5 cm³/mol. The molecule has 2 aliphatic rings. The molecule has 2 aromatic rings. The maximum Gasteiger partial charge on any atom is 0.179 e. The highest BCUT2D eigenvalue weighted by molar-refractivity contribution is 8.02. The van der Waals surface area contributed by atoms with Gasteiger partial charge in [-0.3, -0.25) is 13.6 Å².